The number of anilines is 1. The summed E-state index contributed by atoms with van der Waals surface area (Å²) < 4.78 is 21.5. The summed E-state index contributed by atoms with van der Waals surface area (Å²) in [4.78, 5) is 30.0. The van der Waals surface area contributed by atoms with E-state index in [4.69, 9.17) is 31.2 Å². The van der Waals surface area contributed by atoms with Crippen LogP contribution in [0.2, 0.25) is 0 Å². The van der Waals surface area contributed by atoms with Crippen LogP contribution in [-0.4, -0.2) is 61.6 Å². The van der Waals surface area contributed by atoms with E-state index in [1.807, 2.05) is 17.0 Å². The van der Waals surface area contributed by atoms with E-state index in [1.54, 1.807) is 44.6 Å². The van der Waals surface area contributed by atoms with Gasteiger partial charge in [0.1, 0.15) is 0 Å². The number of benzene rings is 2. The van der Waals surface area contributed by atoms with Crippen LogP contribution in [0.5, 0.6) is 11.5 Å². The Labute approximate surface area is 214 Å². The van der Waals surface area contributed by atoms with Crippen LogP contribution in [0.15, 0.2) is 47.3 Å². The fourth-order valence-corrected chi connectivity index (χ4v) is 4.48. The molecule has 0 amide bonds. The van der Waals surface area contributed by atoms with Gasteiger partial charge < -0.3 is 34.1 Å². The molecule has 1 aliphatic heterocycles. The highest BCUT2D eigenvalue weighted by molar-refractivity contribution is 7.80. The van der Waals surface area contributed by atoms with Crippen molar-refractivity contribution >= 4 is 39.9 Å². The lowest BCUT2D eigenvalue weighted by atomic mass is 10.1. The predicted molar refractivity (Wildman–Crippen MR) is 141 cm³/mol. The third-order valence-electron chi connectivity index (χ3n) is 6.10. The van der Waals surface area contributed by atoms with Gasteiger partial charge in [0.2, 0.25) is 0 Å². The van der Waals surface area contributed by atoms with Crippen molar-refractivity contribution in [1.82, 2.24) is 9.88 Å². The Balaban J connectivity index is 1.65. The van der Waals surface area contributed by atoms with E-state index in [-0.39, 0.29) is 18.2 Å². The van der Waals surface area contributed by atoms with E-state index in [0.717, 1.165) is 18.2 Å². The Morgan fingerprint density at radius 1 is 1.17 bits per heavy atom. The number of nitrogens with zero attached hydrogens (tertiary/aromatic N) is 1. The predicted octanol–water partition coefficient (Wildman–Crippen LogP) is 3.71. The molecule has 0 spiro atoms. The van der Waals surface area contributed by atoms with Crippen LogP contribution in [0.3, 0.4) is 0 Å². The number of rotatable bonds is 8. The van der Waals surface area contributed by atoms with Crippen LogP contribution in [0.1, 0.15) is 28.8 Å². The van der Waals surface area contributed by atoms with E-state index in [2.05, 4.69) is 10.3 Å². The fourth-order valence-electron chi connectivity index (χ4n) is 4.23. The largest absolute Gasteiger partial charge is 0.493 e. The smallest absolute Gasteiger partial charge is 0.339 e. The van der Waals surface area contributed by atoms with Gasteiger partial charge in [-0.05, 0) is 49.3 Å². The molecule has 0 saturated carbocycles. The molecule has 1 aromatic heterocycles. The Morgan fingerprint density at radius 2 is 1.92 bits per heavy atom. The van der Waals surface area contributed by atoms with Gasteiger partial charge in [-0.2, -0.15) is 0 Å². The van der Waals surface area contributed by atoms with Crippen molar-refractivity contribution < 1.29 is 23.7 Å². The SMILES string of the molecule is COC(=O)c1ccccc1NC(=S)N(Cc1cc2cc(OC)c(OC)cc2[nH]c1=O)C[C@@H]1CCCO1. The highest BCUT2D eigenvalue weighted by atomic mass is 32.1. The summed E-state index contributed by atoms with van der Waals surface area (Å²) >= 11 is 5.74. The number of methoxy groups -OCH3 is 3. The summed E-state index contributed by atoms with van der Waals surface area (Å²) in [6.07, 6.45) is 1.87. The van der Waals surface area contributed by atoms with Crippen LogP contribution >= 0.6 is 12.2 Å². The molecule has 4 rings (SSSR count). The highest BCUT2D eigenvalue weighted by Gasteiger charge is 2.23. The van der Waals surface area contributed by atoms with Gasteiger partial charge in [-0.25, -0.2) is 4.79 Å². The zero-order valence-corrected chi connectivity index (χ0v) is 21.3. The third-order valence-corrected chi connectivity index (χ3v) is 6.46. The van der Waals surface area contributed by atoms with Gasteiger partial charge in [-0.1, -0.05) is 12.1 Å². The molecule has 0 unspecified atom stereocenters. The zero-order valence-electron chi connectivity index (χ0n) is 20.5. The van der Waals surface area contributed by atoms with Crippen molar-refractivity contribution in [2.24, 2.45) is 0 Å². The molecular formula is C26H29N3O6S. The molecule has 2 aromatic carbocycles. The van der Waals surface area contributed by atoms with E-state index >= 15 is 0 Å². The molecule has 2 heterocycles. The number of hydrogen-bond donors (Lipinski definition) is 2. The molecule has 0 radical (unpaired) electrons. The topological polar surface area (TPSA) is 102 Å². The number of H-pyrrole nitrogens is 1. The summed E-state index contributed by atoms with van der Waals surface area (Å²) in [5.41, 5.74) is 1.82. The lowest BCUT2D eigenvalue weighted by Crippen LogP contribution is -2.40. The summed E-state index contributed by atoms with van der Waals surface area (Å²) in [5.74, 6) is 0.626. The van der Waals surface area contributed by atoms with Gasteiger partial charge in [0.25, 0.3) is 5.56 Å². The molecule has 0 aliphatic carbocycles. The van der Waals surface area contributed by atoms with E-state index in [9.17, 15) is 9.59 Å². The third kappa shape index (κ3) is 5.60. The van der Waals surface area contributed by atoms with Crippen LogP contribution in [-0.2, 0) is 16.0 Å². The van der Waals surface area contributed by atoms with E-state index in [0.29, 0.717) is 52.1 Å². The maximum absolute atomic E-state index is 13.0. The first-order chi connectivity index (χ1) is 17.4. The van der Waals surface area contributed by atoms with Gasteiger partial charge in [0.15, 0.2) is 16.6 Å². The normalized spacial score (nSPS) is 14.9. The summed E-state index contributed by atoms with van der Waals surface area (Å²) in [5, 5.41) is 4.33. The number of carbonyl (C=O) groups excluding carboxylic acids is 1. The molecule has 1 fully saturated rings. The number of fused-ring (bicyclic) bond motifs is 1. The molecule has 0 bridgehead atoms. The second kappa shape index (κ2) is 11.4. The molecule has 2 N–H and O–H groups in total. The van der Waals surface area contributed by atoms with E-state index in [1.165, 1.54) is 7.11 Å². The molecule has 9 nitrogen and oxygen atoms in total. The molecule has 1 aliphatic rings. The minimum absolute atomic E-state index is 0.00973. The minimum Gasteiger partial charge on any atom is -0.493 e. The highest BCUT2D eigenvalue weighted by Crippen LogP contribution is 2.31. The summed E-state index contributed by atoms with van der Waals surface area (Å²) in [7, 11) is 4.44. The first kappa shape index (κ1) is 25.5. The van der Waals surface area contributed by atoms with Gasteiger partial charge in [0, 0.05) is 30.2 Å². The first-order valence-corrected chi connectivity index (χ1v) is 12.0. The molecule has 1 saturated heterocycles. The van der Waals surface area contributed by atoms with Crippen LogP contribution in [0.25, 0.3) is 10.9 Å². The number of hydrogen-bond acceptors (Lipinski definition) is 7. The standard InChI is InChI=1S/C26H29N3O6S/c1-32-22-12-16-11-17(24(30)27-21(16)13-23(22)33-2)14-29(15-18-7-6-10-35-18)26(36)28-20-9-5-4-8-19(20)25(31)34-3/h4-5,8-9,11-13,18H,6-7,10,14-15H2,1-3H3,(H,27,30)(H,28,36)/t18-/m0/s1. The lowest BCUT2D eigenvalue weighted by molar-refractivity contribution is 0.0602. The maximum Gasteiger partial charge on any atom is 0.339 e. The van der Waals surface area contributed by atoms with Crippen molar-refractivity contribution in [3.63, 3.8) is 0 Å². The van der Waals surface area contributed by atoms with E-state index < -0.39 is 5.97 Å². The average molecular weight is 512 g/mol. The maximum atomic E-state index is 13.0. The van der Waals surface area contributed by atoms with Crippen LogP contribution < -0.4 is 20.3 Å². The summed E-state index contributed by atoms with van der Waals surface area (Å²) in [6, 6.07) is 12.4. The molecule has 3 aromatic rings. The zero-order chi connectivity index (χ0) is 25.7. The number of ether oxygens (including phenoxy) is 4. The van der Waals surface area contributed by atoms with Crippen molar-refractivity contribution in [1.29, 1.82) is 0 Å². The second-order valence-corrected chi connectivity index (χ2v) is 8.79. The number of carbonyl (C=O) groups is 1. The minimum atomic E-state index is -0.470. The monoisotopic (exact) mass is 511 g/mol. The lowest BCUT2D eigenvalue weighted by Gasteiger charge is -2.28. The summed E-state index contributed by atoms with van der Waals surface area (Å²) in [6.45, 7) is 1.43. The number of aromatic nitrogens is 1. The van der Waals surface area contributed by atoms with Crippen molar-refractivity contribution in [2.45, 2.75) is 25.5 Å². The number of esters is 1. The number of aromatic amines is 1. The first-order valence-electron chi connectivity index (χ1n) is 11.6. The van der Waals surface area contributed by atoms with Crippen molar-refractivity contribution in [3.05, 3.63) is 63.9 Å². The Morgan fingerprint density at radius 3 is 2.61 bits per heavy atom. The van der Waals surface area contributed by atoms with Gasteiger partial charge in [-0.15, -0.1) is 0 Å². The van der Waals surface area contributed by atoms with Crippen molar-refractivity contribution in [3.8, 4) is 11.5 Å². The molecule has 10 heteroatoms. The van der Waals surface area contributed by atoms with Gasteiger partial charge in [0.05, 0.1) is 50.7 Å². The quantitative estimate of drug-likeness (QED) is 0.346. The number of thiocarbonyl (C=S) groups is 1. The number of pyridine rings is 1. The molecule has 1 atom stereocenters. The molecular weight excluding hydrogens is 482 g/mol. The Hall–Kier alpha value is -3.63. The second-order valence-electron chi connectivity index (χ2n) is 8.40. The average Bonchev–Trinajstić information content (AvgIpc) is 3.41. The molecule has 190 valence electrons. The number of nitrogens with one attached hydrogen (secondary N) is 2. The Kier molecular flexibility index (Phi) is 8.07. The van der Waals surface area contributed by atoms with Crippen molar-refractivity contribution in [2.75, 3.05) is 39.8 Å². The van der Waals surface area contributed by atoms with Crippen LogP contribution in [0, 0.1) is 0 Å². The molecule has 36 heavy (non-hydrogen) atoms. The van der Waals surface area contributed by atoms with Gasteiger partial charge >= 0.3 is 5.97 Å². The van der Waals surface area contributed by atoms with Gasteiger partial charge in [-0.3, -0.25) is 4.79 Å². The number of para-hydroxylation sites is 1. The fraction of sp³-hybridized carbons (Fsp3) is 0.346. The van der Waals surface area contributed by atoms with Crippen LogP contribution in [0.4, 0.5) is 5.69 Å². The Bertz CT molecular complexity index is 1320.